The van der Waals surface area contributed by atoms with Crippen molar-refractivity contribution in [1.82, 2.24) is 4.90 Å². The zero-order valence-corrected chi connectivity index (χ0v) is 12.5. The summed E-state index contributed by atoms with van der Waals surface area (Å²) >= 11 is 0. The molecule has 0 bridgehead atoms. The van der Waals surface area contributed by atoms with Crippen molar-refractivity contribution in [3.05, 3.63) is 0 Å². The van der Waals surface area contributed by atoms with E-state index in [1.807, 2.05) is 0 Å². The molecule has 0 aromatic heterocycles. The highest BCUT2D eigenvalue weighted by Gasteiger charge is 2.33. The van der Waals surface area contributed by atoms with Crippen molar-refractivity contribution >= 4 is 5.91 Å². The topological polar surface area (TPSA) is 46.3 Å². The molecule has 0 aromatic carbocycles. The summed E-state index contributed by atoms with van der Waals surface area (Å²) in [5.74, 6) is 1.06. The third-order valence-electron chi connectivity index (χ3n) is 4.05. The Bertz CT molecular complexity index is 261. The molecule has 3 heteroatoms. The van der Waals surface area contributed by atoms with Gasteiger partial charge in [0.15, 0.2) is 0 Å². The summed E-state index contributed by atoms with van der Waals surface area (Å²) in [4.78, 5) is 14.8. The fourth-order valence-electron chi connectivity index (χ4n) is 3.02. The third kappa shape index (κ3) is 3.98. The molecule has 18 heavy (non-hydrogen) atoms. The van der Waals surface area contributed by atoms with E-state index in [9.17, 15) is 4.79 Å². The van der Waals surface area contributed by atoms with Crippen molar-refractivity contribution in [2.24, 2.45) is 17.6 Å². The van der Waals surface area contributed by atoms with Gasteiger partial charge in [-0.2, -0.15) is 0 Å². The first-order chi connectivity index (χ1) is 8.49. The van der Waals surface area contributed by atoms with Gasteiger partial charge in [0.05, 0.1) is 0 Å². The summed E-state index contributed by atoms with van der Waals surface area (Å²) in [6.07, 6.45) is 4.97. The van der Waals surface area contributed by atoms with Crippen molar-refractivity contribution < 1.29 is 4.79 Å². The minimum Gasteiger partial charge on any atom is -0.339 e. The van der Waals surface area contributed by atoms with Gasteiger partial charge in [0.1, 0.15) is 0 Å². The predicted molar refractivity (Wildman–Crippen MR) is 76.2 cm³/mol. The molecular weight excluding hydrogens is 224 g/mol. The van der Waals surface area contributed by atoms with Gasteiger partial charge >= 0.3 is 0 Å². The first-order valence-corrected chi connectivity index (χ1v) is 7.55. The number of carbonyl (C=O) groups excluding carboxylic acids is 1. The number of nitrogens with two attached hydrogens (primary N) is 1. The second kappa shape index (κ2) is 7.13. The van der Waals surface area contributed by atoms with Crippen molar-refractivity contribution in [1.29, 1.82) is 0 Å². The van der Waals surface area contributed by atoms with Crippen LogP contribution in [0.1, 0.15) is 59.8 Å². The van der Waals surface area contributed by atoms with E-state index in [1.54, 1.807) is 0 Å². The molecule has 1 aliphatic carbocycles. The minimum atomic E-state index is 0.180. The Labute approximate surface area is 112 Å². The van der Waals surface area contributed by atoms with Crippen LogP contribution in [0.4, 0.5) is 0 Å². The lowest BCUT2D eigenvalue weighted by atomic mass is 10.0. The molecule has 1 amide bonds. The fourth-order valence-corrected chi connectivity index (χ4v) is 3.02. The smallest absolute Gasteiger partial charge is 0.225 e. The van der Waals surface area contributed by atoms with Crippen LogP contribution in [0.2, 0.25) is 0 Å². The van der Waals surface area contributed by atoms with Crippen molar-refractivity contribution in [2.45, 2.75) is 71.9 Å². The largest absolute Gasteiger partial charge is 0.339 e. The molecule has 2 atom stereocenters. The van der Waals surface area contributed by atoms with Crippen molar-refractivity contribution in [2.75, 3.05) is 6.54 Å². The van der Waals surface area contributed by atoms with Crippen LogP contribution in [0.3, 0.4) is 0 Å². The lowest BCUT2D eigenvalue weighted by molar-refractivity contribution is -0.138. The third-order valence-corrected chi connectivity index (χ3v) is 4.05. The van der Waals surface area contributed by atoms with E-state index >= 15 is 0 Å². The molecule has 1 aliphatic rings. The Morgan fingerprint density at radius 3 is 2.28 bits per heavy atom. The molecule has 1 rings (SSSR count). The van der Waals surface area contributed by atoms with Crippen LogP contribution in [-0.4, -0.2) is 29.4 Å². The van der Waals surface area contributed by atoms with Crippen LogP contribution >= 0.6 is 0 Å². The molecule has 0 aromatic rings. The van der Waals surface area contributed by atoms with Gasteiger partial charge in [-0.1, -0.05) is 27.7 Å². The lowest BCUT2D eigenvalue weighted by Crippen LogP contribution is -2.44. The number of hydrogen-bond acceptors (Lipinski definition) is 2. The van der Waals surface area contributed by atoms with E-state index in [1.165, 1.54) is 0 Å². The van der Waals surface area contributed by atoms with Gasteiger partial charge in [-0.25, -0.2) is 0 Å². The first kappa shape index (κ1) is 15.5. The van der Waals surface area contributed by atoms with Crippen LogP contribution in [0.25, 0.3) is 0 Å². The average molecular weight is 254 g/mol. The van der Waals surface area contributed by atoms with Gasteiger partial charge in [0.2, 0.25) is 5.91 Å². The van der Waals surface area contributed by atoms with Crippen molar-refractivity contribution in [3.8, 4) is 0 Å². The average Bonchev–Trinajstić information content (AvgIpc) is 2.74. The van der Waals surface area contributed by atoms with Gasteiger partial charge in [0.25, 0.3) is 0 Å². The number of rotatable bonds is 6. The zero-order chi connectivity index (χ0) is 13.7. The van der Waals surface area contributed by atoms with Crippen LogP contribution in [0.15, 0.2) is 0 Å². The van der Waals surface area contributed by atoms with E-state index in [-0.39, 0.29) is 12.0 Å². The van der Waals surface area contributed by atoms with Gasteiger partial charge in [-0.15, -0.1) is 0 Å². The Balaban J connectivity index is 2.71. The Hall–Kier alpha value is -0.570. The molecule has 0 saturated heterocycles. The maximum absolute atomic E-state index is 12.7. The molecule has 0 radical (unpaired) electrons. The monoisotopic (exact) mass is 254 g/mol. The molecule has 106 valence electrons. The molecule has 0 heterocycles. The first-order valence-electron chi connectivity index (χ1n) is 7.55. The molecule has 0 spiro atoms. The number of hydrogen-bond donors (Lipinski definition) is 1. The fraction of sp³-hybridized carbons (Fsp3) is 0.933. The van der Waals surface area contributed by atoms with E-state index in [4.69, 9.17) is 5.73 Å². The van der Waals surface area contributed by atoms with Gasteiger partial charge in [0, 0.05) is 24.5 Å². The predicted octanol–water partition coefficient (Wildman–Crippen LogP) is 2.79. The second-order valence-corrected chi connectivity index (χ2v) is 6.12. The Kier molecular flexibility index (Phi) is 6.13. The van der Waals surface area contributed by atoms with Crippen molar-refractivity contribution in [3.63, 3.8) is 0 Å². The number of nitrogens with zero attached hydrogens (tertiary/aromatic N) is 1. The Morgan fingerprint density at radius 2 is 1.89 bits per heavy atom. The highest BCUT2D eigenvalue weighted by atomic mass is 16.2. The van der Waals surface area contributed by atoms with E-state index in [0.717, 1.165) is 38.6 Å². The van der Waals surface area contributed by atoms with Gasteiger partial charge in [-0.05, 0) is 38.0 Å². The molecule has 2 N–H and O–H groups in total. The maximum atomic E-state index is 12.7. The highest BCUT2D eigenvalue weighted by molar-refractivity contribution is 5.79. The van der Waals surface area contributed by atoms with Crippen LogP contribution in [-0.2, 0) is 4.79 Å². The molecule has 3 nitrogen and oxygen atoms in total. The minimum absolute atomic E-state index is 0.180. The molecule has 1 fully saturated rings. The van der Waals surface area contributed by atoms with Crippen LogP contribution < -0.4 is 5.73 Å². The molecule has 1 saturated carbocycles. The maximum Gasteiger partial charge on any atom is 0.225 e. The summed E-state index contributed by atoms with van der Waals surface area (Å²) in [5, 5.41) is 0. The van der Waals surface area contributed by atoms with E-state index < -0.39 is 0 Å². The number of carbonyl (C=O) groups is 1. The second-order valence-electron chi connectivity index (χ2n) is 6.12. The Morgan fingerprint density at radius 1 is 1.28 bits per heavy atom. The summed E-state index contributed by atoms with van der Waals surface area (Å²) < 4.78 is 0. The number of amides is 1. The van der Waals surface area contributed by atoms with Gasteiger partial charge < -0.3 is 10.6 Å². The molecular formula is C15H30N2O. The highest BCUT2D eigenvalue weighted by Crippen LogP contribution is 2.28. The normalized spacial score (nSPS) is 23.9. The quantitative estimate of drug-likeness (QED) is 0.792. The van der Waals surface area contributed by atoms with E-state index in [0.29, 0.717) is 17.9 Å². The van der Waals surface area contributed by atoms with Gasteiger partial charge in [-0.3, -0.25) is 4.79 Å². The van der Waals surface area contributed by atoms with E-state index in [2.05, 4.69) is 32.6 Å². The zero-order valence-electron chi connectivity index (χ0n) is 12.5. The summed E-state index contributed by atoms with van der Waals surface area (Å²) in [5.41, 5.74) is 5.93. The standard InChI is InChI=1S/C15H30N2O/c1-5-14(6-2)17(10-11(3)4)15(18)12-7-8-13(16)9-12/h11-14H,5-10,16H2,1-4H3/t12-,13-/m0/s1. The lowest BCUT2D eigenvalue weighted by Gasteiger charge is -2.34. The SMILES string of the molecule is CCC(CC)N(CC(C)C)C(=O)[C@H]1CC[C@H](N)C1. The molecule has 0 aliphatic heterocycles. The summed E-state index contributed by atoms with van der Waals surface area (Å²) in [7, 11) is 0. The molecule has 0 unspecified atom stereocenters. The summed E-state index contributed by atoms with van der Waals surface area (Å²) in [6, 6.07) is 0.637. The van der Waals surface area contributed by atoms with Crippen LogP contribution in [0.5, 0.6) is 0 Å². The van der Waals surface area contributed by atoms with Crippen LogP contribution in [0, 0.1) is 11.8 Å². The summed E-state index contributed by atoms with van der Waals surface area (Å²) in [6.45, 7) is 9.60.